The van der Waals surface area contributed by atoms with E-state index in [0.717, 1.165) is 54.5 Å². The topological polar surface area (TPSA) is 58.4 Å². The number of carbonyl (C=O) groups excluding carboxylic acids is 1. The normalized spacial score (nSPS) is 20.3. The van der Waals surface area contributed by atoms with Crippen LogP contribution in [-0.2, 0) is 0 Å². The van der Waals surface area contributed by atoms with E-state index in [4.69, 9.17) is 9.40 Å². The molecule has 1 aromatic heterocycles. The fourth-order valence-corrected chi connectivity index (χ4v) is 4.67. The van der Waals surface area contributed by atoms with E-state index < -0.39 is 0 Å². The average Bonchev–Trinajstić information content (AvgIpc) is 3.41. The minimum Gasteiger partial charge on any atom is -0.438 e. The summed E-state index contributed by atoms with van der Waals surface area (Å²) in [6.45, 7) is 0.761. The van der Waals surface area contributed by atoms with Crippen LogP contribution in [0.4, 0.5) is 4.79 Å². The smallest absolute Gasteiger partial charge is 0.318 e. The summed E-state index contributed by atoms with van der Waals surface area (Å²) < 4.78 is 6.08. The molecule has 2 heterocycles. The summed E-state index contributed by atoms with van der Waals surface area (Å²) in [5.74, 6) is 0.654. The van der Waals surface area contributed by atoms with Crippen LogP contribution in [-0.4, -0.2) is 28.5 Å². The van der Waals surface area contributed by atoms with Crippen molar-refractivity contribution in [2.75, 3.05) is 6.54 Å². The third-order valence-electron chi connectivity index (χ3n) is 6.24. The minimum absolute atomic E-state index is 0.0339. The maximum atomic E-state index is 12.9. The summed E-state index contributed by atoms with van der Waals surface area (Å²) in [5, 5.41) is 3.24. The SMILES string of the molecule is O=C(NC1CCCCC1)N1CCC[C@@H]1c1nc2cc(-c3ccccc3)ccc2o1. The Labute approximate surface area is 171 Å². The van der Waals surface area contributed by atoms with Crippen molar-refractivity contribution in [3.8, 4) is 11.1 Å². The van der Waals surface area contributed by atoms with Crippen LogP contribution >= 0.6 is 0 Å². The number of urea groups is 1. The molecule has 2 fully saturated rings. The van der Waals surface area contributed by atoms with Gasteiger partial charge in [0.25, 0.3) is 0 Å². The lowest BCUT2D eigenvalue weighted by Gasteiger charge is -2.28. The first kappa shape index (κ1) is 18.2. The molecule has 5 nitrogen and oxygen atoms in total. The number of nitrogens with one attached hydrogen (secondary N) is 1. The Balaban J connectivity index is 1.37. The summed E-state index contributed by atoms with van der Waals surface area (Å²) in [7, 11) is 0. The van der Waals surface area contributed by atoms with E-state index in [1.807, 2.05) is 29.2 Å². The van der Waals surface area contributed by atoms with Crippen LogP contribution in [0.3, 0.4) is 0 Å². The Hall–Kier alpha value is -2.82. The zero-order valence-corrected chi connectivity index (χ0v) is 16.6. The van der Waals surface area contributed by atoms with Crippen molar-refractivity contribution < 1.29 is 9.21 Å². The van der Waals surface area contributed by atoms with E-state index in [1.165, 1.54) is 19.3 Å². The number of benzene rings is 2. The number of aromatic nitrogens is 1. The van der Waals surface area contributed by atoms with Crippen molar-refractivity contribution in [1.29, 1.82) is 0 Å². The van der Waals surface area contributed by atoms with Gasteiger partial charge in [0.05, 0.1) is 0 Å². The molecule has 2 amide bonds. The maximum absolute atomic E-state index is 12.9. The second-order valence-electron chi connectivity index (χ2n) is 8.24. The zero-order chi connectivity index (χ0) is 19.6. The van der Waals surface area contributed by atoms with Crippen LogP contribution in [0.25, 0.3) is 22.2 Å². The van der Waals surface area contributed by atoms with Gasteiger partial charge in [-0.05, 0) is 48.9 Å². The van der Waals surface area contributed by atoms with E-state index in [0.29, 0.717) is 11.9 Å². The lowest BCUT2D eigenvalue weighted by molar-refractivity contribution is 0.178. The van der Waals surface area contributed by atoms with Crippen molar-refractivity contribution in [2.24, 2.45) is 0 Å². The van der Waals surface area contributed by atoms with Gasteiger partial charge in [-0.15, -0.1) is 0 Å². The van der Waals surface area contributed by atoms with Crippen LogP contribution in [0.15, 0.2) is 52.9 Å². The number of oxazole rings is 1. The number of amides is 2. The third kappa shape index (κ3) is 3.74. The van der Waals surface area contributed by atoms with Crippen molar-refractivity contribution in [3.63, 3.8) is 0 Å². The molecule has 1 atom stereocenters. The van der Waals surface area contributed by atoms with Crippen molar-refractivity contribution in [2.45, 2.75) is 57.0 Å². The van der Waals surface area contributed by atoms with E-state index in [2.05, 4.69) is 29.6 Å². The Morgan fingerprint density at radius 1 is 0.966 bits per heavy atom. The number of carbonyl (C=O) groups is 1. The van der Waals surface area contributed by atoms with Crippen molar-refractivity contribution >= 4 is 17.1 Å². The van der Waals surface area contributed by atoms with E-state index >= 15 is 0 Å². The molecule has 29 heavy (non-hydrogen) atoms. The fourth-order valence-electron chi connectivity index (χ4n) is 4.67. The monoisotopic (exact) mass is 389 g/mol. The number of hydrogen-bond donors (Lipinski definition) is 1. The molecule has 2 aromatic carbocycles. The first-order valence-electron chi connectivity index (χ1n) is 10.8. The van der Waals surface area contributed by atoms with Crippen LogP contribution < -0.4 is 5.32 Å². The summed E-state index contributed by atoms with van der Waals surface area (Å²) in [5.41, 5.74) is 3.91. The van der Waals surface area contributed by atoms with E-state index in [-0.39, 0.29) is 12.1 Å². The molecule has 0 bridgehead atoms. The highest BCUT2D eigenvalue weighted by Crippen LogP contribution is 2.34. The quantitative estimate of drug-likeness (QED) is 0.627. The van der Waals surface area contributed by atoms with Crippen LogP contribution in [0.5, 0.6) is 0 Å². The van der Waals surface area contributed by atoms with Gasteiger partial charge in [0, 0.05) is 12.6 Å². The molecular formula is C24H27N3O2. The van der Waals surface area contributed by atoms with Gasteiger partial charge in [0.1, 0.15) is 11.6 Å². The van der Waals surface area contributed by atoms with Crippen LogP contribution in [0, 0.1) is 0 Å². The largest absolute Gasteiger partial charge is 0.438 e. The predicted molar refractivity (Wildman–Crippen MR) is 114 cm³/mol. The van der Waals surface area contributed by atoms with Gasteiger partial charge in [-0.25, -0.2) is 9.78 Å². The van der Waals surface area contributed by atoms with Crippen molar-refractivity contribution in [1.82, 2.24) is 15.2 Å². The molecule has 1 saturated heterocycles. The van der Waals surface area contributed by atoms with Gasteiger partial charge in [-0.2, -0.15) is 0 Å². The number of fused-ring (bicyclic) bond motifs is 1. The van der Waals surface area contributed by atoms with Crippen molar-refractivity contribution in [3.05, 3.63) is 54.4 Å². The molecule has 2 aliphatic rings. The second-order valence-corrected chi connectivity index (χ2v) is 8.24. The van der Waals surface area contributed by atoms with E-state index in [1.54, 1.807) is 0 Å². The molecule has 3 aromatic rings. The molecule has 0 unspecified atom stereocenters. The summed E-state index contributed by atoms with van der Waals surface area (Å²) in [6, 6.07) is 16.7. The van der Waals surface area contributed by atoms with Gasteiger partial charge < -0.3 is 14.6 Å². The predicted octanol–water partition coefficient (Wildman–Crippen LogP) is 5.67. The molecule has 1 aliphatic carbocycles. The third-order valence-corrected chi connectivity index (χ3v) is 6.24. The average molecular weight is 389 g/mol. The standard InChI is InChI=1S/C24H27N3O2/c28-24(25-19-10-5-2-6-11-19)27-15-7-12-21(27)23-26-20-16-18(13-14-22(20)29-23)17-8-3-1-4-9-17/h1,3-4,8-9,13-14,16,19,21H,2,5-7,10-12,15H2,(H,25,28)/t21-/m1/s1. The number of hydrogen-bond acceptors (Lipinski definition) is 3. The molecule has 1 aliphatic heterocycles. The molecule has 0 spiro atoms. The molecule has 5 heteroatoms. The Morgan fingerprint density at radius 2 is 1.79 bits per heavy atom. The number of rotatable bonds is 3. The van der Waals surface area contributed by atoms with Gasteiger partial charge in [0.2, 0.25) is 5.89 Å². The Morgan fingerprint density at radius 3 is 2.62 bits per heavy atom. The highest BCUT2D eigenvalue weighted by Gasteiger charge is 2.34. The molecule has 1 saturated carbocycles. The minimum atomic E-state index is -0.0776. The highest BCUT2D eigenvalue weighted by molar-refractivity contribution is 5.80. The molecule has 0 radical (unpaired) electrons. The summed E-state index contributed by atoms with van der Waals surface area (Å²) in [4.78, 5) is 19.6. The molecule has 5 rings (SSSR count). The number of nitrogens with zero attached hydrogens (tertiary/aromatic N) is 2. The summed E-state index contributed by atoms with van der Waals surface area (Å²) >= 11 is 0. The second kappa shape index (κ2) is 7.90. The first-order valence-corrected chi connectivity index (χ1v) is 10.8. The fraction of sp³-hybridized carbons (Fsp3) is 0.417. The number of likely N-dealkylation sites (tertiary alicyclic amines) is 1. The van der Waals surface area contributed by atoms with Crippen LogP contribution in [0.1, 0.15) is 56.9 Å². The van der Waals surface area contributed by atoms with Gasteiger partial charge in [0.15, 0.2) is 5.58 Å². The highest BCUT2D eigenvalue weighted by atomic mass is 16.4. The lowest BCUT2D eigenvalue weighted by Crippen LogP contribution is -2.45. The van der Waals surface area contributed by atoms with Gasteiger partial charge in [-0.3, -0.25) is 0 Å². The van der Waals surface area contributed by atoms with Gasteiger partial charge in [-0.1, -0.05) is 55.7 Å². The van der Waals surface area contributed by atoms with Gasteiger partial charge >= 0.3 is 6.03 Å². The first-order chi connectivity index (χ1) is 14.3. The summed E-state index contributed by atoms with van der Waals surface area (Å²) in [6.07, 6.45) is 7.77. The molecule has 150 valence electrons. The van der Waals surface area contributed by atoms with Crippen LogP contribution in [0.2, 0.25) is 0 Å². The maximum Gasteiger partial charge on any atom is 0.318 e. The molecular weight excluding hydrogens is 362 g/mol. The lowest BCUT2D eigenvalue weighted by atomic mass is 9.96. The Bertz CT molecular complexity index is 992. The zero-order valence-electron chi connectivity index (χ0n) is 16.6. The Kier molecular flexibility index (Phi) is 4.96. The van der Waals surface area contributed by atoms with E-state index in [9.17, 15) is 4.79 Å². The molecule has 1 N–H and O–H groups in total.